The Kier molecular flexibility index (Phi) is 5.52. The highest BCUT2D eigenvalue weighted by atomic mass is 16.5. The molecule has 2 heterocycles. The molecule has 0 spiro atoms. The second-order valence-electron chi connectivity index (χ2n) is 5.97. The van der Waals surface area contributed by atoms with E-state index in [0.29, 0.717) is 23.9 Å². The van der Waals surface area contributed by atoms with Crippen LogP contribution in [0.3, 0.4) is 0 Å². The smallest absolute Gasteiger partial charge is 0.169 e. The summed E-state index contributed by atoms with van der Waals surface area (Å²) in [5.41, 5.74) is 10.9. The molecule has 0 aliphatic carbocycles. The molecule has 1 saturated heterocycles. The highest BCUT2D eigenvalue weighted by Crippen LogP contribution is 2.27. The second-order valence-corrected chi connectivity index (χ2v) is 5.97. The van der Waals surface area contributed by atoms with Gasteiger partial charge in [0, 0.05) is 31.9 Å². The maximum atomic E-state index is 6.24. The Morgan fingerprint density at radius 2 is 1.76 bits per heavy atom. The van der Waals surface area contributed by atoms with Crippen molar-refractivity contribution in [3.63, 3.8) is 0 Å². The van der Waals surface area contributed by atoms with E-state index in [1.165, 1.54) is 6.33 Å². The first kappa shape index (κ1) is 17.2. The molecule has 1 aromatic carbocycles. The second kappa shape index (κ2) is 8.00. The van der Waals surface area contributed by atoms with Crippen LogP contribution >= 0.6 is 0 Å². The Bertz CT molecular complexity index is 684. The van der Waals surface area contributed by atoms with Crippen molar-refractivity contribution in [1.82, 2.24) is 19.9 Å². The summed E-state index contributed by atoms with van der Waals surface area (Å²) >= 11 is 0. The summed E-state index contributed by atoms with van der Waals surface area (Å²) in [6.45, 7) is 6.46. The van der Waals surface area contributed by atoms with Crippen LogP contribution in [0.2, 0.25) is 0 Å². The van der Waals surface area contributed by atoms with Crippen molar-refractivity contribution in [2.45, 2.75) is 6.92 Å². The topological polar surface area (TPSA) is 91.6 Å². The van der Waals surface area contributed by atoms with Gasteiger partial charge in [-0.25, -0.2) is 15.0 Å². The van der Waals surface area contributed by atoms with Gasteiger partial charge in [0.2, 0.25) is 0 Å². The number of nitrogens with one attached hydrogen (secondary N) is 2. The molecule has 3 rings (SSSR count). The van der Waals surface area contributed by atoms with Crippen LogP contribution in [0.4, 0.5) is 23.0 Å². The molecular weight excluding hydrogens is 318 g/mol. The summed E-state index contributed by atoms with van der Waals surface area (Å²) in [5.74, 6) is 2.03. The lowest BCUT2D eigenvalue weighted by Gasteiger charge is -2.32. The average Bonchev–Trinajstić information content (AvgIpc) is 2.62. The van der Waals surface area contributed by atoms with Gasteiger partial charge in [-0.15, -0.1) is 0 Å². The van der Waals surface area contributed by atoms with Crippen molar-refractivity contribution in [1.29, 1.82) is 0 Å². The van der Waals surface area contributed by atoms with Crippen molar-refractivity contribution in [2.24, 2.45) is 0 Å². The SMILES string of the molecule is CCOc1ccc(Nc2ncnc(NN3CCN(C)CC3)c2N)cc1. The van der Waals surface area contributed by atoms with Crippen LogP contribution in [0.5, 0.6) is 5.75 Å². The molecule has 8 heteroatoms. The summed E-state index contributed by atoms with van der Waals surface area (Å²) in [6.07, 6.45) is 1.51. The lowest BCUT2D eigenvalue weighted by Crippen LogP contribution is -2.47. The fourth-order valence-corrected chi connectivity index (χ4v) is 2.59. The van der Waals surface area contributed by atoms with Crippen LogP contribution in [0, 0.1) is 0 Å². The maximum absolute atomic E-state index is 6.24. The Hall–Kier alpha value is -2.58. The van der Waals surface area contributed by atoms with E-state index < -0.39 is 0 Å². The number of nitrogen functional groups attached to an aromatic ring is 1. The van der Waals surface area contributed by atoms with Crippen LogP contribution in [0.15, 0.2) is 30.6 Å². The predicted octanol–water partition coefficient (Wildman–Crippen LogP) is 1.78. The van der Waals surface area contributed by atoms with Gasteiger partial charge >= 0.3 is 0 Å². The Morgan fingerprint density at radius 1 is 1.08 bits per heavy atom. The number of anilines is 4. The van der Waals surface area contributed by atoms with Gasteiger partial charge in [0.1, 0.15) is 17.8 Å². The average molecular weight is 343 g/mol. The highest BCUT2D eigenvalue weighted by molar-refractivity contribution is 5.77. The summed E-state index contributed by atoms with van der Waals surface area (Å²) in [4.78, 5) is 10.8. The van der Waals surface area contributed by atoms with Crippen LogP contribution in [0.25, 0.3) is 0 Å². The minimum atomic E-state index is 0.496. The molecule has 0 bridgehead atoms. The zero-order valence-electron chi connectivity index (χ0n) is 14.7. The van der Waals surface area contributed by atoms with E-state index in [9.17, 15) is 0 Å². The van der Waals surface area contributed by atoms with E-state index in [2.05, 4.69) is 37.7 Å². The third-order valence-corrected chi connectivity index (χ3v) is 4.08. The number of hydrogen-bond acceptors (Lipinski definition) is 8. The van der Waals surface area contributed by atoms with Gasteiger partial charge in [0.05, 0.1) is 6.61 Å². The van der Waals surface area contributed by atoms with Crippen LogP contribution in [-0.4, -0.2) is 59.7 Å². The third-order valence-electron chi connectivity index (χ3n) is 4.08. The first-order chi connectivity index (χ1) is 12.2. The molecule has 0 atom stereocenters. The van der Waals surface area contributed by atoms with Gasteiger partial charge in [0.15, 0.2) is 11.6 Å². The quantitative estimate of drug-likeness (QED) is 0.731. The molecule has 1 fully saturated rings. The largest absolute Gasteiger partial charge is 0.494 e. The van der Waals surface area contributed by atoms with Crippen molar-refractivity contribution in [2.75, 3.05) is 56.3 Å². The van der Waals surface area contributed by atoms with Gasteiger partial charge in [-0.05, 0) is 38.2 Å². The fourth-order valence-electron chi connectivity index (χ4n) is 2.59. The third kappa shape index (κ3) is 4.49. The number of nitrogens with zero attached hydrogens (tertiary/aromatic N) is 4. The van der Waals surface area contributed by atoms with E-state index in [-0.39, 0.29) is 0 Å². The number of aromatic nitrogens is 2. The van der Waals surface area contributed by atoms with Crippen LogP contribution < -0.4 is 21.2 Å². The monoisotopic (exact) mass is 343 g/mol. The Labute approximate surface area is 148 Å². The number of piperazine rings is 1. The first-order valence-electron chi connectivity index (χ1n) is 8.46. The number of hydrazine groups is 1. The molecule has 8 nitrogen and oxygen atoms in total. The van der Waals surface area contributed by atoms with Gasteiger partial charge < -0.3 is 26.1 Å². The summed E-state index contributed by atoms with van der Waals surface area (Å²) in [5, 5.41) is 5.35. The van der Waals surface area contributed by atoms with Crippen molar-refractivity contribution in [3.8, 4) is 5.75 Å². The van der Waals surface area contributed by atoms with Gasteiger partial charge in [-0.3, -0.25) is 0 Å². The van der Waals surface area contributed by atoms with E-state index in [0.717, 1.165) is 37.6 Å². The predicted molar refractivity (Wildman–Crippen MR) is 100 cm³/mol. The molecule has 1 aliphatic heterocycles. The summed E-state index contributed by atoms with van der Waals surface area (Å²) in [7, 11) is 2.12. The summed E-state index contributed by atoms with van der Waals surface area (Å²) in [6, 6.07) is 7.68. The first-order valence-corrected chi connectivity index (χ1v) is 8.46. The van der Waals surface area contributed by atoms with E-state index in [4.69, 9.17) is 10.5 Å². The summed E-state index contributed by atoms with van der Waals surface area (Å²) < 4.78 is 5.45. The molecule has 0 amide bonds. The fraction of sp³-hybridized carbons (Fsp3) is 0.412. The van der Waals surface area contributed by atoms with Gasteiger partial charge in [-0.1, -0.05) is 0 Å². The van der Waals surface area contributed by atoms with E-state index in [1.54, 1.807) is 0 Å². The number of ether oxygens (including phenoxy) is 1. The maximum Gasteiger partial charge on any atom is 0.169 e. The Balaban J connectivity index is 1.68. The van der Waals surface area contributed by atoms with E-state index >= 15 is 0 Å². The molecule has 0 unspecified atom stereocenters. The lowest BCUT2D eigenvalue weighted by atomic mass is 10.3. The number of hydrogen-bond donors (Lipinski definition) is 3. The van der Waals surface area contributed by atoms with E-state index in [1.807, 2.05) is 31.2 Å². The minimum Gasteiger partial charge on any atom is -0.494 e. The number of rotatable bonds is 6. The standard InChI is InChI=1S/C17H25N7O/c1-3-25-14-6-4-13(5-7-14)21-16-15(18)17(20-12-19-16)22-24-10-8-23(2)9-11-24/h4-7,12H,3,8-11,18H2,1-2H3,(H2,19,20,21,22). The molecule has 0 radical (unpaired) electrons. The Morgan fingerprint density at radius 3 is 2.44 bits per heavy atom. The highest BCUT2D eigenvalue weighted by Gasteiger charge is 2.16. The molecule has 1 aliphatic rings. The molecule has 0 saturated carbocycles. The van der Waals surface area contributed by atoms with Crippen LogP contribution in [0.1, 0.15) is 6.92 Å². The number of benzene rings is 1. The van der Waals surface area contributed by atoms with Gasteiger partial charge in [0.25, 0.3) is 0 Å². The van der Waals surface area contributed by atoms with Crippen molar-refractivity contribution in [3.05, 3.63) is 30.6 Å². The van der Waals surface area contributed by atoms with Crippen molar-refractivity contribution >= 4 is 23.0 Å². The molecule has 4 N–H and O–H groups in total. The zero-order chi connectivity index (χ0) is 17.6. The number of nitrogens with two attached hydrogens (primary N) is 1. The zero-order valence-corrected chi connectivity index (χ0v) is 14.7. The van der Waals surface area contributed by atoms with Crippen molar-refractivity contribution < 1.29 is 4.74 Å². The molecule has 2 aromatic rings. The molecule has 25 heavy (non-hydrogen) atoms. The molecular formula is C17H25N7O. The van der Waals surface area contributed by atoms with Crippen LogP contribution in [-0.2, 0) is 0 Å². The minimum absolute atomic E-state index is 0.496. The lowest BCUT2D eigenvalue weighted by molar-refractivity contribution is 0.178. The molecule has 1 aromatic heterocycles. The normalized spacial score (nSPS) is 15.8. The van der Waals surface area contributed by atoms with Gasteiger partial charge in [-0.2, -0.15) is 0 Å². The molecule has 134 valence electrons. The number of likely N-dealkylation sites (N-methyl/N-ethyl adjacent to an activating group) is 1.